The van der Waals surface area contributed by atoms with Crippen molar-refractivity contribution in [2.24, 2.45) is 0 Å². The third-order valence-corrected chi connectivity index (χ3v) is 5.65. The molecule has 0 amide bonds. The Morgan fingerprint density at radius 2 is 1.72 bits per heavy atom. The second-order valence-corrected chi connectivity index (χ2v) is 7.45. The van der Waals surface area contributed by atoms with Crippen LogP contribution in [0.2, 0.25) is 0 Å². The Morgan fingerprint density at radius 3 is 2.28 bits per heavy atom. The lowest BCUT2D eigenvalue weighted by Gasteiger charge is -2.38. The first-order valence-corrected chi connectivity index (χ1v) is 10.1. The first-order valence-electron chi connectivity index (χ1n) is 9.73. The predicted octanol–water partition coefficient (Wildman–Crippen LogP) is 4.04. The fourth-order valence-corrected chi connectivity index (χ4v) is 4.09. The Bertz CT molecular complexity index is 1100. The molecule has 0 saturated heterocycles. The van der Waals surface area contributed by atoms with Gasteiger partial charge in [0.1, 0.15) is 5.82 Å². The molecule has 0 bridgehead atoms. The molecule has 9 heteroatoms. The predicted molar refractivity (Wildman–Crippen MR) is 123 cm³/mol. The maximum Gasteiger partial charge on any atom is 0.337 e. The SMILES string of the molecule is COC(=O)C1=C(C)N(c2ccc(C)c(F)c2)C(=S)NC1c1ccc(OC)c(OC)c1OC. The molecule has 0 saturated carbocycles. The summed E-state index contributed by atoms with van der Waals surface area (Å²) in [4.78, 5) is 14.5. The molecule has 1 aliphatic heterocycles. The number of nitrogens with one attached hydrogen (secondary N) is 1. The highest BCUT2D eigenvalue weighted by Crippen LogP contribution is 2.45. The van der Waals surface area contributed by atoms with Crippen LogP contribution in [-0.4, -0.2) is 39.5 Å². The van der Waals surface area contributed by atoms with E-state index in [0.29, 0.717) is 50.4 Å². The van der Waals surface area contributed by atoms with Gasteiger partial charge < -0.3 is 24.3 Å². The van der Waals surface area contributed by atoms with Crippen LogP contribution >= 0.6 is 12.2 Å². The van der Waals surface area contributed by atoms with E-state index in [-0.39, 0.29) is 5.82 Å². The summed E-state index contributed by atoms with van der Waals surface area (Å²) in [5, 5.41) is 3.47. The van der Waals surface area contributed by atoms with Crippen molar-refractivity contribution >= 4 is 29.0 Å². The Balaban J connectivity index is 2.23. The highest BCUT2D eigenvalue weighted by atomic mass is 32.1. The maximum atomic E-state index is 14.3. The number of carbonyl (C=O) groups excluding carboxylic acids is 1. The van der Waals surface area contributed by atoms with Gasteiger partial charge in [0, 0.05) is 11.3 Å². The molecule has 1 aliphatic rings. The number of ether oxygens (including phenoxy) is 4. The molecular weight excluding hydrogens is 435 g/mol. The summed E-state index contributed by atoms with van der Waals surface area (Å²) in [6, 6.07) is 7.55. The van der Waals surface area contributed by atoms with E-state index in [9.17, 15) is 9.18 Å². The summed E-state index contributed by atoms with van der Waals surface area (Å²) < 4.78 is 35.8. The van der Waals surface area contributed by atoms with Crippen LogP contribution in [0.25, 0.3) is 0 Å². The zero-order valence-electron chi connectivity index (χ0n) is 18.7. The number of thiocarbonyl (C=S) groups is 1. The third-order valence-electron chi connectivity index (χ3n) is 5.35. The standard InChI is InChI=1S/C23H25FN2O5S/c1-12-7-8-14(11-16(12)24)26-13(2)18(22(27)31-6)19(25-23(26)32)15-9-10-17(28-3)21(30-5)20(15)29-4/h7-11,19H,1-6H3,(H,25,32). The molecule has 2 aromatic carbocycles. The fourth-order valence-electron chi connectivity index (χ4n) is 3.73. The van der Waals surface area contributed by atoms with E-state index in [1.807, 2.05) is 0 Å². The van der Waals surface area contributed by atoms with Gasteiger partial charge in [-0.05, 0) is 55.9 Å². The largest absolute Gasteiger partial charge is 0.493 e. The van der Waals surface area contributed by atoms with Crippen LogP contribution in [0.1, 0.15) is 24.1 Å². The second-order valence-electron chi connectivity index (χ2n) is 7.07. The van der Waals surface area contributed by atoms with Crippen LogP contribution in [0.4, 0.5) is 10.1 Å². The van der Waals surface area contributed by atoms with E-state index in [2.05, 4.69) is 5.32 Å². The lowest BCUT2D eigenvalue weighted by molar-refractivity contribution is -0.136. The Morgan fingerprint density at radius 1 is 1.03 bits per heavy atom. The molecule has 1 N–H and O–H groups in total. The molecule has 1 unspecified atom stereocenters. The first kappa shape index (κ1) is 23.3. The second kappa shape index (κ2) is 9.44. The smallest absolute Gasteiger partial charge is 0.337 e. The van der Waals surface area contributed by atoms with E-state index in [0.717, 1.165) is 0 Å². The minimum atomic E-state index is -0.698. The van der Waals surface area contributed by atoms with Crippen molar-refractivity contribution in [3.05, 3.63) is 58.5 Å². The van der Waals surface area contributed by atoms with Gasteiger partial charge in [-0.1, -0.05) is 6.07 Å². The van der Waals surface area contributed by atoms with Gasteiger partial charge in [-0.2, -0.15) is 0 Å². The van der Waals surface area contributed by atoms with Gasteiger partial charge in [0.2, 0.25) is 5.75 Å². The number of benzene rings is 2. The van der Waals surface area contributed by atoms with Crippen LogP contribution < -0.4 is 24.4 Å². The molecule has 0 aromatic heterocycles. The molecule has 1 atom stereocenters. The number of rotatable bonds is 6. The Hall–Kier alpha value is -3.33. The van der Waals surface area contributed by atoms with Gasteiger partial charge >= 0.3 is 5.97 Å². The molecule has 2 aromatic rings. The monoisotopic (exact) mass is 460 g/mol. The van der Waals surface area contributed by atoms with E-state index < -0.39 is 12.0 Å². The fraction of sp³-hybridized carbons (Fsp3) is 0.304. The van der Waals surface area contributed by atoms with Crippen molar-refractivity contribution < 1.29 is 28.1 Å². The maximum absolute atomic E-state index is 14.3. The average molecular weight is 461 g/mol. The van der Waals surface area contributed by atoms with Crippen LogP contribution in [0, 0.1) is 12.7 Å². The molecule has 0 spiro atoms. The summed E-state index contributed by atoms with van der Waals surface area (Å²) in [6.07, 6.45) is 0. The van der Waals surface area contributed by atoms with Crippen molar-refractivity contribution in [3.8, 4) is 17.2 Å². The average Bonchev–Trinajstić information content (AvgIpc) is 2.79. The Kier molecular flexibility index (Phi) is 6.88. The lowest BCUT2D eigenvalue weighted by Crippen LogP contribution is -2.48. The number of hydrogen-bond acceptors (Lipinski definition) is 6. The van der Waals surface area contributed by atoms with Crippen LogP contribution in [0.5, 0.6) is 17.2 Å². The lowest BCUT2D eigenvalue weighted by atomic mass is 9.93. The zero-order chi connectivity index (χ0) is 23.6. The minimum absolute atomic E-state index is 0.292. The molecule has 32 heavy (non-hydrogen) atoms. The van der Waals surface area contributed by atoms with Gasteiger partial charge in [-0.3, -0.25) is 4.90 Å². The van der Waals surface area contributed by atoms with Crippen LogP contribution in [-0.2, 0) is 9.53 Å². The van der Waals surface area contributed by atoms with Crippen molar-refractivity contribution in [3.63, 3.8) is 0 Å². The van der Waals surface area contributed by atoms with E-state index in [1.165, 1.54) is 34.5 Å². The number of methoxy groups -OCH3 is 4. The molecule has 1 heterocycles. The number of esters is 1. The number of carbonyl (C=O) groups is 1. The summed E-state index contributed by atoms with van der Waals surface area (Å²) in [5.41, 5.74) is 2.40. The van der Waals surface area contributed by atoms with Crippen molar-refractivity contribution in [1.82, 2.24) is 5.32 Å². The van der Waals surface area contributed by atoms with Gasteiger partial charge in [0.05, 0.1) is 45.7 Å². The third kappa shape index (κ3) is 3.95. The van der Waals surface area contributed by atoms with Crippen LogP contribution in [0.3, 0.4) is 0 Å². The first-order chi connectivity index (χ1) is 15.3. The molecule has 7 nitrogen and oxygen atoms in total. The topological polar surface area (TPSA) is 69.3 Å². The highest BCUT2D eigenvalue weighted by Gasteiger charge is 2.37. The number of allylic oxidation sites excluding steroid dienone is 1. The van der Waals surface area contributed by atoms with Gasteiger partial charge in [0.25, 0.3) is 0 Å². The van der Waals surface area contributed by atoms with Gasteiger partial charge in [-0.15, -0.1) is 0 Å². The van der Waals surface area contributed by atoms with Crippen molar-refractivity contribution in [2.75, 3.05) is 33.3 Å². The number of anilines is 1. The molecule has 3 rings (SSSR count). The minimum Gasteiger partial charge on any atom is -0.493 e. The number of halogens is 1. The summed E-state index contributed by atoms with van der Waals surface area (Å²) >= 11 is 5.61. The molecule has 170 valence electrons. The molecule has 0 radical (unpaired) electrons. The van der Waals surface area contributed by atoms with Crippen LogP contribution in [0.15, 0.2) is 41.6 Å². The summed E-state index contributed by atoms with van der Waals surface area (Å²) in [5.74, 6) is 0.309. The molecule has 0 aliphatic carbocycles. The van der Waals surface area contributed by atoms with Crippen molar-refractivity contribution in [2.45, 2.75) is 19.9 Å². The number of nitrogens with zero attached hydrogens (tertiary/aromatic N) is 1. The quantitative estimate of drug-likeness (QED) is 0.512. The highest BCUT2D eigenvalue weighted by molar-refractivity contribution is 7.80. The van der Waals surface area contributed by atoms with Gasteiger partial charge in [-0.25, -0.2) is 9.18 Å². The molecule has 0 fully saturated rings. The van der Waals surface area contributed by atoms with E-state index >= 15 is 0 Å². The zero-order valence-corrected chi connectivity index (χ0v) is 19.6. The van der Waals surface area contributed by atoms with Gasteiger partial charge in [0.15, 0.2) is 16.6 Å². The van der Waals surface area contributed by atoms with E-state index in [1.54, 1.807) is 43.0 Å². The summed E-state index contributed by atoms with van der Waals surface area (Å²) in [6.45, 7) is 3.41. The normalized spacial score (nSPS) is 15.9. The van der Waals surface area contributed by atoms with E-state index in [4.69, 9.17) is 31.2 Å². The molecular formula is C23H25FN2O5S. The number of hydrogen-bond donors (Lipinski definition) is 1. The number of aryl methyl sites for hydroxylation is 1. The van der Waals surface area contributed by atoms with Crippen molar-refractivity contribution in [1.29, 1.82) is 0 Å². The summed E-state index contributed by atoms with van der Waals surface area (Å²) in [7, 11) is 5.82. The Labute approximate surface area is 191 Å².